The maximum atomic E-state index is 11.8. The average Bonchev–Trinajstić information content (AvgIpc) is 2.35. The molecular weight excluding hydrogens is 242 g/mol. The molecule has 0 amide bonds. The van der Waals surface area contributed by atoms with Gasteiger partial charge >= 0.3 is 0 Å². The van der Waals surface area contributed by atoms with Crippen LogP contribution in [0.3, 0.4) is 0 Å². The molecule has 1 saturated heterocycles. The maximum absolute atomic E-state index is 11.8. The molecule has 0 atom stereocenters. The van der Waals surface area contributed by atoms with Crippen LogP contribution in [0.4, 0.5) is 0 Å². The molecule has 19 heavy (non-hydrogen) atoms. The lowest BCUT2D eigenvalue weighted by molar-refractivity contribution is 0.0389. The molecule has 2 aromatic rings. The Hall–Kier alpha value is -1.88. The fraction of sp³-hybridized carbons (Fsp3) is 0.429. The largest absolute Gasteiger partial charge is 0.484 e. The van der Waals surface area contributed by atoms with Gasteiger partial charge in [0.15, 0.2) is 5.75 Å². The standard InChI is InChI=1S/C14H17N3O2/c1-9-14(19-11-7-16(2)8-11)13-10(6-15-9)4-5-12(18)17(13)3/h4-6,11H,7-8H2,1-3H3. The summed E-state index contributed by atoms with van der Waals surface area (Å²) in [6, 6.07) is 3.35. The fourth-order valence-electron chi connectivity index (χ4n) is 2.46. The third kappa shape index (κ3) is 2.00. The first kappa shape index (κ1) is 12.2. The molecule has 0 unspecified atom stereocenters. The fourth-order valence-corrected chi connectivity index (χ4v) is 2.46. The quantitative estimate of drug-likeness (QED) is 0.805. The van der Waals surface area contributed by atoms with E-state index in [9.17, 15) is 4.79 Å². The summed E-state index contributed by atoms with van der Waals surface area (Å²) in [5.41, 5.74) is 1.62. The highest BCUT2D eigenvalue weighted by atomic mass is 16.5. The summed E-state index contributed by atoms with van der Waals surface area (Å²) in [6.45, 7) is 3.74. The van der Waals surface area contributed by atoms with Gasteiger partial charge in [0.1, 0.15) is 6.10 Å². The van der Waals surface area contributed by atoms with Crippen LogP contribution in [0.1, 0.15) is 5.69 Å². The minimum atomic E-state index is -0.0336. The maximum Gasteiger partial charge on any atom is 0.250 e. The molecule has 5 nitrogen and oxygen atoms in total. The monoisotopic (exact) mass is 259 g/mol. The summed E-state index contributed by atoms with van der Waals surface area (Å²) in [4.78, 5) is 18.3. The number of likely N-dealkylation sites (N-methyl/N-ethyl adjacent to an activating group) is 1. The zero-order valence-electron chi connectivity index (χ0n) is 11.4. The van der Waals surface area contributed by atoms with Crippen molar-refractivity contribution in [3.05, 3.63) is 34.4 Å². The van der Waals surface area contributed by atoms with Gasteiger partial charge in [0.2, 0.25) is 0 Å². The number of ether oxygens (including phenoxy) is 1. The minimum absolute atomic E-state index is 0.0336. The predicted molar refractivity (Wildman–Crippen MR) is 73.6 cm³/mol. The van der Waals surface area contributed by atoms with E-state index in [-0.39, 0.29) is 11.7 Å². The van der Waals surface area contributed by atoms with E-state index >= 15 is 0 Å². The molecule has 1 aliphatic heterocycles. The normalized spacial score (nSPS) is 16.6. The number of likely N-dealkylation sites (tertiary alicyclic amines) is 1. The smallest absolute Gasteiger partial charge is 0.250 e. The molecule has 3 heterocycles. The van der Waals surface area contributed by atoms with Gasteiger partial charge in [0.25, 0.3) is 5.56 Å². The van der Waals surface area contributed by atoms with Crippen molar-refractivity contribution < 1.29 is 4.74 Å². The van der Waals surface area contributed by atoms with Crippen molar-refractivity contribution in [1.82, 2.24) is 14.5 Å². The van der Waals surface area contributed by atoms with Crippen molar-refractivity contribution in [2.45, 2.75) is 13.0 Å². The third-order valence-corrected chi connectivity index (χ3v) is 3.60. The lowest BCUT2D eigenvalue weighted by atomic mass is 10.1. The van der Waals surface area contributed by atoms with Crippen molar-refractivity contribution in [3.8, 4) is 5.75 Å². The highest BCUT2D eigenvalue weighted by molar-refractivity contribution is 5.84. The summed E-state index contributed by atoms with van der Waals surface area (Å²) in [5.74, 6) is 0.732. The molecule has 0 saturated carbocycles. The van der Waals surface area contributed by atoms with Crippen LogP contribution in [-0.2, 0) is 7.05 Å². The Balaban J connectivity index is 2.13. The molecule has 1 aliphatic rings. The van der Waals surface area contributed by atoms with Gasteiger partial charge in [-0.2, -0.15) is 0 Å². The Kier molecular flexibility index (Phi) is 2.78. The number of pyridine rings is 2. The lowest BCUT2D eigenvalue weighted by Gasteiger charge is -2.36. The highest BCUT2D eigenvalue weighted by Crippen LogP contribution is 2.28. The molecular formula is C14H17N3O2. The molecule has 0 aliphatic carbocycles. The molecule has 0 aromatic carbocycles. The second-order valence-corrected chi connectivity index (χ2v) is 5.17. The number of aryl methyl sites for hydroxylation is 2. The van der Waals surface area contributed by atoms with Gasteiger partial charge in [-0.25, -0.2) is 0 Å². The number of hydrogen-bond donors (Lipinski definition) is 0. The van der Waals surface area contributed by atoms with Crippen LogP contribution < -0.4 is 10.3 Å². The van der Waals surface area contributed by atoms with Crippen LogP contribution >= 0.6 is 0 Å². The Bertz CT molecular complexity index is 687. The van der Waals surface area contributed by atoms with Crippen molar-refractivity contribution >= 4 is 10.9 Å². The summed E-state index contributed by atoms with van der Waals surface area (Å²) in [6.07, 6.45) is 1.97. The Labute approximate surface area is 111 Å². The summed E-state index contributed by atoms with van der Waals surface area (Å²) in [7, 11) is 3.83. The molecule has 2 aromatic heterocycles. The van der Waals surface area contributed by atoms with E-state index in [1.807, 2.05) is 6.92 Å². The summed E-state index contributed by atoms with van der Waals surface area (Å²) >= 11 is 0. The zero-order valence-corrected chi connectivity index (χ0v) is 11.4. The number of fused-ring (bicyclic) bond motifs is 1. The highest BCUT2D eigenvalue weighted by Gasteiger charge is 2.26. The lowest BCUT2D eigenvalue weighted by Crippen LogP contribution is -2.51. The van der Waals surface area contributed by atoms with E-state index < -0.39 is 0 Å². The Morgan fingerprint density at radius 1 is 1.32 bits per heavy atom. The number of hydrogen-bond acceptors (Lipinski definition) is 4. The van der Waals surface area contributed by atoms with Crippen molar-refractivity contribution in [2.24, 2.45) is 7.05 Å². The van der Waals surface area contributed by atoms with Gasteiger partial charge in [-0.15, -0.1) is 0 Å². The van der Waals surface area contributed by atoms with E-state index in [2.05, 4.69) is 16.9 Å². The molecule has 0 radical (unpaired) electrons. The first-order valence-corrected chi connectivity index (χ1v) is 6.37. The predicted octanol–water partition coefficient (Wildman–Crippen LogP) is 0.935. The van der Waals surface area contributed by atoms with Gasteiger partial charge in [0, 0.05) is 37.8 Å². The number of aromatic nitrogens is 2. The number of nitrogens with zero attached hydrogens (tertiary/aromatic N) is 3. The second-order valence-electron chi connectivity index (χ2n) is 5.17. The van der Waals surface area contributed by atoms with E-state index in [0.717, 1.165) is 35.4 Å². The average molecular weight is 259 g/mol. The molecule has 0 spiro atoms. The van der Waals surface area contributed by atoms with E-state index in [4.69, 9.17) is 4.74 Å². The summed E-state index contributed by atoms with van der Waals surface area (Å²) < 4.78 is 7.66. The minimum Gasteiger partial charge on any atom is -0.484 e. The first-order valence-electron chi connectivity index (χ1n) is 6.37. The molecule has 5 heteroatoms. The van der Waals surface area contributed by atoms with Crippen LogP contribution in [0, 0.1) is 6.92 Å². The molecule has 1 fully saturated rings. The van der Waals surface area contributed by atoms with Gasteiger partial charge < -0.3 is 9.30 Å². The van der Waals surface area contributed by atoms with Gasteiger partial charge in [-0.3, -0.25) is 14.7 Å². The Morgan fingerprint density at radius 3 is 2.74 bits per heavy atom. The van der Waals surface area contributed by atoms with Crippen LogP contribution in [0.25, 0.3) is 10.9 Å². The number of rotatable bonds is 2. The van der Waals surface area contributed by atoms with Gasteiger partial charge in [-0.05, 0) is 20.0 Å². The van der Waals surface area contributed by atoms with Gasteiger partial charge in [0.05, 0.1) is 11.2 Å². The zero-order chi connectivity index (χ0) is 13.6. The van der Waals surface area contributed by atoms with Crippen LogP contribution in [0.5, 0.6) is 5.75 Å². The first-order chi connectivity index (χ1) is 9.06. The molecule has 0 N–H and O–H groups in total. The topological polar surface area (TPSA) is 47.4 Å². The van der Waals surface area contributed by atoms with Crippen LogP contribution in [0.15, 0.2) is 23.1 Å². The van der Waals surface area contributed by atoms with E-state index in [0.29, 0.717) is 0 Å². The van der Waals surface area contributed by atoms with Crippen molar-refractivity contribution in [2.75, 3.05) is 20.1 Å². The molecule has 3 rings (SSSR count). The van der Waals surface area contributed by atoms with Gasteiger partial charge in [-0.1, -0.05) is 0 Å². The van der Waals surface area contributed by atoms with E-state index in [1.165, 1.54) is 0 Å². The molecule has 0 bridgehead atoms. The molecule has 100 valence electrons. The third-order valence-electron chi connectivity index (χ3n) is 3.60. The second kappa shape index (κ2) is 4.35. The SMILES string of the molecule is Cc1ncc2ccc(=O)n(C)c2c1OC1CN(C)C1. The van der Waals surface area contributed by atoms with Crippen LogP contribution in [0.2, 0.25) is 0 Å². The van der Waals surface area contributed by atoms with Crippen molar-refractivity contribution in [3.63, 3.8) is 0 Å². The van der Waals surface area contributed by atoms with Crippen LogP contribution in [-0.4, -0.2) is 40.7 Å². The summed E-state index contributed by atoms with van der Waals surface area (Å²) in [5, 5.41) is 0.926. The van der Waals surface area contributed by atoms with E-state index in [1.54, 1.807) is 29.9 Å². The van der Waals surface area contributed by atoms with Crippen molar-refractivity contribution in [1.29, 1.82) is 0 Å². The Morgan fingerprint density at radius 2 is 2.05 bits per heavy atom.